The normalized spacial score (nSPS) is 16.6. The molecule has 2 heterocycles. The summed E-state index contributed by atoms with van der Waals surface area (Å²) in [7, 11) is 0. The Balaban J connectivity index is 1.31. The van der Waals surface area contributed by atoms with Gasteiger partial charge in [0, 0.05) is 25.1 Å². The van der Waals surface area contributed by atoms with E-state index in [2.05, 4.69) is 30.7 Å². The SMILES string of the molecule is O=C(NCc1ccccc1)NC1(C(=O)Nc2cc(-c3nnc4n3CCCCC4)ccc2F)CCCC1. The van der Waals surface area contributed by atoms with Crippen LogP contribution in [-0.2, 0) is 24.3 Å². The lowest BCUT2D eigenvalue weighted by molar-refractivity contribution is -0.121. The highest BCUT2D eigenvalue weighted by atomic mass is 19.1. The Kier molecular flexibility index (Phi) is 6.97. The van der Waals surface area contributed by atoms with Gasteiger partial charge >= 0.3 is 6.03 Å². The molecule has 0 atom stereocenters. The summed E-state index contributed by atoms with van der Waals surface area (Å²) in [6, 6.07) is 13.7. The van der Waals surface area contributed by atoms with Crippen molar-refractivity contribution in [2.24, 2.45) is 0 Å². The molecule has 0 radical (unpaired) electrons. The van der Waals surface area contributed by atoms with Crippen LogP contribution >= 0.6 is 0 Å². The van der Waals surface area contributed by atoms with Gasteiger partial charge in [0.1, 0.15) is 17.2 Å². The molecule has 0 unspecified atom stereocenters. The molecule has 1 aromatic heterocycles. The molecule has 1 aliphatic heterocycles. The van der Waals surface area contributed by atoms with Crippen LogP contribution in [0.1, 0.15) is 56.3 Å². The van der Waals surface area contributed by atoms with E-state index in [1.807, 2.05) is 30.3 Å². The molecule has 0 saturated heterocycles. The minimum absolute atomic E-state index is 0.0706. The van der Waals surface area contributed by atoms with Gasteiger partial charge in [-0.2, -0.15) is 0 Å². The quantitative estimate of drug-likeness (QED) is 0.471. The molecule has 1 aliphatic carbocycles. The number of benzene rings is 2. The predicted octanol–water partition coefficient (Wildman–Crippen LogP) is 4.56. The van der Waals surface area contributed by atoms with Crippen LogP contribution in [0.25, 0.3) is 11.4 Å². The van der Waals surface area contributed by atoms with Gasteiger partial charge in [0.05, 0.1) is 5.69 Å². The Morgan fingerprint density at radius 1 is 0.972 bits per heavy atom. The van der Waals surface area contributed by atoms with Crippen LogP contribution in [0.3, 0.4) is 0 Å². The number of halogens is 1. The van der Waals surface area contributed by atoms with Gasteiger partial charge in [0.25, 0.3) is 0 Å². The number of hydrogen-bond acceptors (Lipinski definition) is 4. The second-order valence-electron chi connectivity index (χ2n) is 9.63. The average Bonchev–Trinajstić information content (AvgIpc) is 3.46. The van der Waals surface area contributed by atoms with Crippen molar-refractivity contribution >= 4 is 17.6 Å². The number of amides is 3. The van der Waals surface area contributed by atoms with Crippen LogP contribution in [0.15, 0.2) is 48.5 Å². The van der Waals surface area contributed by atoms with Crippen LogP contribution < -0.4 is 16.0 Å². The van der Waals surface area contributed by atoms with Gasteiger partial charge in [-0.05, 0) is 49.4 Å². The molecule has 3 aromatic rings. The van der Waals surface area contributed by atoms with Crippen molar-refractivity contribution < 1.29 is 14.0 Å². The van der Waals surface area contributed by atoms with Crippen molar-refractivity contribution in [3.63, 3.8) is 0 Å². The fourth-order valence-corrected chi connectivity index (χ4v) is 5.13. The number of nitrogens with one attached hydrogen (secondary N) is 3. The third-order valence-corrected chi connectivity index (χ3v) is 7.12. The molecule has 0 bridgehead atoms. The molecular formula is C27H31FN6O2. The van der Waals surface area contributed by atoms with Crippen LogP contribution in [0, 0.1) is 5.82 Å². The maximum absolute atomic E-state index is 14.8. The van der Waals surface area contributed by atoms with Crippen molar-refractivity contribution in [1.29, 1.82) is 0 Å². The Morgan fingerprint density at radius 3 is 2.58 bits per heavy atom. The molecule has 36 heavy (non-hydrogen) atoms. The molecule has 5 rings (SSSR count). The number of hydrogen-bond donors (Lipinski definition) is 3. The van der Waals surface area contributed by atoms with Gasteiger partial charge in [-0.25, -0.2) is 9.18 Å². The minimum atomic E-state index is -1.09. The van der Waals surface area contributed by atoms with Crippen LogP contribution in [0.4, 0.5) is 14.9 Å². The third kappa shape index (κ3) is 5.10. The van der Waals surface area contributed by atoms with E-state index >= 15 is 0 Å². The lowest BCUT2D eigenvalue weighted by Crippen LogP contribution is -2.57. The number of aryl methyl sites for hydroxylation is 1. The van der Waals surface area contributed by atoms with Gasteiger partial charge < -0.3 is 20.5 Å². The first-order valence-electron chi connectivity index (χ1n) is 12.7. The van der Waals surface area contributed by atoms with Crippen LogP contribution in [-0.4, -0.2) is 32.2 Å². The van der Waals surface area contributed by atoms with Crippen LogP contribution in [0.5, 0.6) is 0 Å². The smallest absolute Gasteiger partial charge is 0.315 e. The number of urea groups is 1. The van der Waals surface area contributed by atoms with Crippen molar-refractivity contribution in [2.45, 2.75) is 70.0 Å². The van der Waals surface area contributed by atoms with Gasteiger partial charge in [-0.3, -0.25) is 4.79 Å². The fourth-order valence-electron chi connectivity index (χ4n) is 5.13. The largest absolute Gasteiger partial charge is 0.334 e. The number of carbonyl (C=O) groups is 2. The standard InChI is InChI=1S/C27H31FN6O2/c28-21-13-12-20(24-33-32-23-11-5-2-8-16-34(23)24)17-22(21)30-25(35)27(14-6-7-15-27)31-26(36)29-18-19-9-3-1-4-10-19/h1,3-4,9-10,12-13,17H,2,5-8,11,14-16,18H2,(H,30,35)(H2,29,31,36). The van der Waals surface area contributed by atoms with Crippen molar-refractivity contribution in [3.05, 3.63) is 65.7 Å². The van der Waals surface area contributed by atoms with E-state index in [1.54, 1.807) is 12.1 Å². The first-order valence-corrected chi connectivity index (χ1v) is 12.7. The van der Waals surface area contributed by atoms with E-state index in [-0.39, 0.29) is 5.69 Å². The molecule has 0 spiro atoms. The van der Waals surface area contributed by atoms with Crippen molar-refractivity contribution in [1.82, 2.24) is 25.4 Å². The summed E-state index contributed by atoms with van der Waals surface area (Å²) in [5.41, 5.74) is 0.639. The fraction of sp³-hybridized carbons (Fsp3) is 0.407. The van der Waals surface area contributed by atoms with Gasteiger partial charge in [-0.15, -0.1) is 10.2 Å². The Labute approximate surface area is 209 Å². The van der Waals surface area contributed by atoms with E-state index in [0.29, 0.717) is 30.8 Å². The summed E-state index contributed by atoms with van der Waals surface area (Å²) in [6.45, 7) is 1.17. The van der Waals surface area contributed by atoms with E-state index in [9.17, 15) is 14.0 Å². The molecule has 3 amide bonds. The molecule has 3 N–H and O–H groups in total. The zero-order valence-electron chi connectivity index (χ0n) is 20.2. The third-order valence-electron chi connectivity index (χ3n) is 7.12. The number of fused-ring (bicyclic) bond motifs is 1. The number of nitrogens with zero attached hydrogens (tertiary/aromatic N) is 3. The summed E-state index contributed by atoms with van der Waals surface area (Å²) in [5, 5.41) is 17.1. The summed E-state index contributed by atoms with van der Waals surface area (Å²) >= 11 is 0. The monoisotopic (exact) mass is 490 g/mol. The van der Waals surface area contributed by atoms with Gasteiger partial charge in [0.15, 0.2) is 5.82 Å². The Bertz CT molecular complexity index is 1240. The van der Waals surface area contributed by atoms with Crippen LogP contribution in [0.2, 0.25) is 0 Å². The maximum Gasteiger partial charge on any atom is 0.315 e. The molecule has 1 saturated carbocycles. The molecule has 2 aromatic carbocycles. The highest BCUT2D eigenvalue weighted by molar-refractivity contribution is 6.01. The highest BCUT2D eigenvalue weighted by Crippen LogP contribution is 2.32. The number of carbonyl (C=O) groups excluding carboxylic acids is 2. The zero-order valence-corrected chi connectivity index (χ0v) is 20.2. The van der Waals surface area contributed by atoms with E-state index in [1.165, 1.54) is 6.07 Å². The van der Waals surface area contributed by atoms with E-state index in [0.717, 1.165) is 56.5 Å². The van der Waals surface area contributed by atoms with Crippen molar-refractivity contribution in [3.8, 4) is 11.4 Å². The van der Waals surface area contributed by atoms with Gasteiger partial charge in [0.2, 0.25) is 5.91 Å². The average molecular weight is 491 g/mol. The summed E-state index contributed by atoms with van der Waals surface area (Å²) < 4.78 is 16.9. The second kappa shape index (κ2) is 10.5. The summed E-state index contributed by atoms with van der Waals surface area (Å²) in [5.74, 6) is 0.666. The number of aromatic nitrogens is 3. The maximum atomic E-state index is 14.8. The second-order valence-corrected chi connectivity index (χ2v) is 9.63. The zero-order chi connectivity index (χ0) is 25.0. The van der Waals surface area contributed by atoms with E-state index < -0.39 is 23.3 Å². The predicted molar refractivity (Wildman–Crippen MR) is 135 cm³/mol. The Morgan fingerprint density at radius 2 is 1.78 bits per heavy atom. The first kappa shape index (κ1) is 24.0. The lowest BCUT2D eigenvalue weighted by Gasteiger charge is -2.29. The minimum Gasteiger partial charge on any atom is -0.334 e. The molecule has 188 valence electrons. The molecule has 2 aliphatic rings. The Hall–Kier alpha value is -3.75. The summed E-state index contributed by atoms with van der Waals surface area (Å²) in [6.07, 6.45) is 6.74. The topological polar surface area (TPSA) is 101 Å². The number of rotatable bonds is 6. The van der Waals surface area contributed by atoms with Gasteiger partial charge in [-0.1, -0.05) is 49.6 Å². The molecule has 8 nitrogen and oxygen atoms in total. The van der Waals surface area contributed by atoms with Crippen molar-refractivity contribution in [2.75, 3.05) is 5.32 Å². The lowest BCUT2D eigenvalue weighted by atomic mass is 9.96. The summed E-state index contributed by atoms with van der Waals surface area (Å²) in [4.78, 5) is 26.1. The highest BCUT2D eigenvalue weighted by Gasteiger charge is 2.42. The number of anilines is 1. The molecule has 1 fully saturated rings. The molecular weight excluding hydrogens is 459 g/mol. The first-order chi connectivity index (χ1) is 17.5. The van der Waals surface area contributed by atoms with E-state index in [4.69, 9.17) is 0 Å². The molecule has 9 heteroatoms.